The molecule has 76 valence electrons. The molecule has 0 saturated heterocycles. The molecule has 0 saturated carbocycles. The quantitative estimate of drug-likeness (QED) is 0.681. The van der Waals surface area contributed by atoms with E-state index in [4.69, 9.17) is 14.7 Å². The van der Waals surface area contributed by atoms with E-state index < -0.39 is 6.10 Å². The molecule has 0 fully saturated rings. The second-order valence-electron chi connectivity index (χ2n) is 3.00. The van der Waals surface area contributed by atoms with Crippen molar-refractivity contribution >= 4 is 0 Å². The van der Waals surface area contributed by atoms with Crippen molar-refractivity contribution in [2.45, 2.75) is 12.5 Å². The number of hydrogen-bond donors (Lipinski definition) is 1. The highest BCUT2D eigenvalue weighted by Crippen LogP contribution is 2.26. The van der Waals surface area contributed by atoms with Gasteiger partial charge in [-0.15, -0.1) is 0 Å². The Kier molecular flexibility index (Phi) is 3.55. The Morgan fingerprint density at radius 2 is 2.29 bits per heavy atom. The van der Waals surface area contributed by atoms with Gasteiger partial charge in [0.15, 0.2) is 5.76 Å². The van der Waals surface area contributed by atoms with Crippen LogP contribution in [0.1, 0.15) is 6.42 Å². The lowest BCUT2D eigenvalue weighted by Gasteiger charge is -2.21. The molecule has 0 radical (unpaired) electrons. The van der Waals surface area contributed by atoms with Crippen LogP contribution in [0.25, 0.3) is 0 Å². The Labute approximate surface area is 83.1 Å². The second-order valence-corrected chi connectivity index (χ2v) is 3.00. The van der Waals surface area contributed by atoms with Crippen molar-refractivity contribution in [2.75, 3.05) is 14.2 Å². The number of rotatable bonds is 3. The third-order valence-corrected chi connectivity index (χ3v) is 2.19. The van der Waals surface area contributed by atoms with Gasteiger partial charge in [-0.3, -0.25) is 0 Å². The number of methoxy groups -OCH3 is 2. The molecule has 0 aromatic heterocycles. The fourth-order valence-corrected chi connectivity index (χ4v) is 1.37. The van der Waals surface area contributed by atoms with Crippen molar-refractivity contribution in [1.82, 2.24) is 0 Å². The molecule has 2 unspecified atom stereocenters. The van der Waals surface area contributed by atoms with Crippen molar-refractivity contribution in [3.05, 3.63) is 23.7 Å². The largest absolute Gasteiger partial charge is 0.497 e. The molecule has 0 heterocycles. The smallest absolute Gasteiger partial charge is 0.156 e. The molecule has 0 aromatic rings. The van der Waals surface area contributed by atoms with E-state index in [9.17, 15) is 5.11 Å². The number of nitrogens with zero attached hydrogens (tertiary/aromatic N) is 1. The summed E-state index contributed by atoms with van der Waals surface area (Å²) in [6.07, 6.45) is 2.98. The van der Waals surface area contributed by atoms with Crippen LogP contribution in [0.4, 0.5) is 0 Å². The molecule has 0 bridgehead atoms. The molecule has 1 N–H and O–H groups in total. The van der Waals surface area contributed by atoms with Gasteiger partial charge in [0.1, 0.15) is 11.9 Å². The highest BCUT2D eigenvalue weighted by molar-refractivity contribution is 5.24. The van der Waals surface area contributed by atoms with Crippen LogP contribution >= 0.6 is 0 Å². The van der Waals surface area contributed by atoms with Crippen LogP contribution in [0.3, 0.4) is 0 Å². The Bertz CT molecular complexity index is 301. The molecule has 4 nitrogen and oxygen atoms in total. The zero-order chi connectivity index (χ0) is 10.6. The van der Waals surface area contributed by atoms with Gasteiger partial charge in [0, 0.05) is 12.3 Å². The maximum Gasteiger partial charge on any atom is 0.156 e. The number of hydrogen-bond acceptors (Lipinski definition) is 4. The van der Waals surface area contributed by atoms with Crippen LogP contribution in [0.15, 0.2) is 23.7 Å². The van der Waals surface area contributed by atoms with E-state index in [1.165, 1.54) is 0 Å². The topological polar surface area (TPSA) is 62.5 Å². The van der Waals surface area contributed by atoms with E-state index in [0.717, 1.165) is 0 Å². The summed E-state index contributed by atoms with van der Waals surface area (Å²) >= 11 is 0. The Morgan fingerprint density at radius 3 is 2.79 bits per heavy atom. The monoisotopic (exact) mass is 195 g/mol. The molecule has 0 aromatic carbocycles. The number of ether oxygens (including phenoxy) is 2. The van der Waals surface area contributed by atoms with E-state index in [0.29, 0.717) is 17.9 Å². The molecular formula is C10H13NO3. The molecule has 14 heavy (non-hydrogen) atoms. The van der Waals surface area contributed by atoms with Gasteiger partial charge >= 0.3 is 0 Å². The Hall–Kier alpha value is -1.47. The van der Waals surface area contributed by atoms with Crippen LogP contribution in [-0.2, 0) is 9.47 Å². The first-order valence-corrected chi connectivity index (χ1v) is 4.30. The number of allylic oxidation sites excluding steroid dienone is 2. The number of aliphatic hydroxyl groups is 1. The van der Waals surface area contributed by atoms with Gasteiger partial charge in [0.05, 0.1) is 20.3 Å². The minimum absolute atomic E-state index is 0.214. The predicted octanol–water partition coefficient (Wildman–Crippen LogP) is 0.951. The molecule has 2 atom stereocenters. The molecule has 1 aliphatic carbocycles. The van der Waals surface area contributed by atoms with E-state index >= 15 is 0 Å². The lowest BCUT2D eigenvalue weighted by molar-refractivity contribution is 0.152. The van der Waals surface area contributed by atoms with Crippen molar-refractivity contribution in [3.63, 3.8) is 0 Å². The number of aliphatic hydroxyl groups excluding tert-OH is 1. The molecule has 4 heteroatoms. The highest BCUT2D eigenvalue weighted by atomic mass is 16.5. The van der Waals surface area contributed by atoms with E-state index in [-0.39, 0.29) is 5.92 Å². The minimum atomic E-state index is -0.991. The molecule has 0 spiro atoms. The van der Waals surface area contributed by atoms with E-state index in [1.807, 2.05) is 0 Å². The predicted molar refractivity (Wildman–Crippen MR) is 49.9 cm³/mol. The first kappa shape index (κ1) is 10.6. The summed E-state index contributed by atoms with van der Waals surface area (Å²) in [4.78, 5) is 0. The van der Waals surface area contributed by atoms with E-state index in [1.54, 1.807) is 32.4 Å². The second kappa shape index (κ2) is 4.68. The summed E-state index contributed by atoms with van der Waals surface area (Å²) in [5.41, 5.74) is 0. The summed E-state index contributed by atoms with van der Waals surface area (Å²) in [6.45, 7) is 0. The first-order chi connectivity index (χ1) is 6.72. The van der Waals surface area contributed by atoms with Crippen LogP contribution in [0.2, 0.25) is 0 Å². The zero-order valence-electron chi connectivity index (χ0n) is 8.23. The Balaban J connectivity index is 2.77. The van der Waals surface area contributed by atoms with Crippen molar-refractivity contribution in [1.29, 1.82) is 5.26 Å². The van der Waals surface area contributed by atoms with Crippen LogP contribution < -0.4 is 0 Å². The molecule has 1 rings (SSSR count). The highest BCUT2D eigenvalue weighted by Gasteiger charge is 2.23. The zero-order valence-corrected chi connectivity index (χ0v) is 8.23. The summed E-state index contributed by atoms with van der Waals surface area (Å²) in [7, 11) is 3.10. The number of nitriles is 1. The van der Waals surface area contributed by atoms with Crippen LogP contribution in [0, 0.1) is 17.2 Å². The molecule has 0 aliphatic heterocycles. The first-order valence-electron chi connectivity index (χ1n) is 4.30. The van der Waals surface area contributed by atoms with Crippen molar-refractivity contribution in [2.24, 2.45) is 5.92 Å². The standard InChI is InChI=1S/C10H13NO3/c1-13-9-4-3-7(8(12)6-11)5-10(9)14-2/h3-4,7-8,12H,5H2,1-2H3. The third kappa shape index (κ3) is 2.06. The minimum Gasteiger partial charge on any atom is -0.497 e. The van der Waals surface area contributed by atoms with Crippen molar-refractivity contribution < 1.29 is 14.6 Å². The normalized spacial score (nSPS) is 22.9. The van der Waals surface area contributed by atoms with Gasteiger partial charge < -0.3 is 14.6 Å². The maximum atomic E-state index is 9.32. The summed E-state index contributed by atoms with van der Waals surface area (Å²) in [5, 5.41) is 17.9. The maximum absolute atomic E-state index is 9.32. The molecular weight excluding hydrogens is 182 g/mol. The average Bonchev–Trinajstić information content (AvgIpc) is 2.26. The van der Waals surface area contributed by atoms with Gasteiger partial charge in [-0.2, -0.15) is 5.26 Å². The summed E-state index contributed by atoms with van der Waals surface area (Å²) in [5.74, 6) is 1.09. The Morgan fingerprint density at radius 1 is 1.57 bits per heavy atom. The van der Waals surface area contributed by atoms with Gasteiger partial charge in [0.25, 0.3) is 0 Å². The molecule has 0 amide bonds. The summed E-state index contributed by atoms with van der Waals surface area (Å²) < 4.78 is 10.2. The van der Waals surface area contributed by atoms with E-state index in [2.05, 4.69) is 0 Å². The summed E-state index contributed by atoms with van der Waals surface area (Å²) in [6, 6.07) is 1.80. The fourth-order valence-electron chi connectivity index (χ4n) is 1.37. The van der Waals surface area contributed by atoms with Gasteiger partial charge in [-0.25, -0.2) is 0 Å². The van der Waals surface area contributed by atoms with Gasteiger partial charge in [-0.1, -0.05) is 6.08 Å². The third-order valence-electron chi connectivity index (χ3n) is 2.19. The lowest BCUT2D eigenvalue weighted by atomic mass is 9.93. The SMILES string of the molecule is COC1=C(OC)CC(C(O)C#N)C=C1. The lowest BCUT2D eigenvalue weighted by Crippen LogP contribution is -2.20. The van der Waals surface area contributed by atoms with Crippen LogP contribution in [0.5, 0.6) is 0 Å². The average molecular weight is 195 g/mol. The van der Waals surface area contributed by atoms with Crippen LogP contribution in [-0.4, -0.2) is 25.4 Å². The molecule has 1 aliphatic rings. The van der Waals surface area contributed by atoms with Gasteiger partial charge in [0.2, 0.25) is 0 Å². The fraction of sp³-hybridized carbons (Fsp3) is 0.500. The van der Waals surface area contributed by atoms with Crippen molar-refractivity contribution in [3.8, 4) is 6.07 Å². The van der Waals surface area contributed by atoms with Gasteiger partial charge in [-0.05, 0) is 6.08 Å².